The average molecular weight is 305 g/mol. The smallest absolute Gasteiger partial charge is 0.341 e. The van der Waals surface area contributed by atoms with Crippen LogP contribution in [0.2, 0.25) is 0 Å². The van der Waals surface area contributed by atoms with Crippen LogP contribution < -0.4 is 10.1 Å². The van der Waals surface area contributed by atoms with Crippen LogP contribution in [0.15, 0.2) is 24.3 Å². The van der Waals surface area contributed by atoms with Crippen molar-refractivity contribution in [2.45, 2.75) is 39.5 Å². The summed E-state index contributed by atoms with van der Waals surface area (Å²) >= 11 is 0. The molecule has 5 heteroatoms. The molecule has 22 heavy (non-hydrogen) atoms. The lowest BCUT2D eigenvalue weighted by molar-refractivity contribution is -0.139. The monoisotopic (exact) mass is 305 g/mol. The highest BCUT2D eigenvalue weighted by atomic mass is 16.5. The topological polar surface area (TPSA) is 75.6 Å². The quantitative estimate of drug-likeness (QED) is 0.810. The summed E-state index contributed by atoms with van der Waals surface area (Å²) in [6.45, 7) is 3.91. The van der Waals surface area contributed by atoms with Crippen LogP contribution in [0.3, 0.4) is 0 Å². The predicted octanol–water partition coefficient (Wildman–Crippen LogP) is 3.30. The molecule has 2 rings (SSSR count). The van der Waals surface area contributed by atoms with Crippen molar-refractivity contribution < 1.29 is 19.4 Å². The fraction of sp³-hybridized carbons (Fsp3) is 0.529. The molecule has 0 bridgehead atoms. The summed E-state index contributed by atoms with van der Waals surface area (Å²) in [5.41, 5.74) is 0.495. The van der Waals surface area contributed by atoms with E-state index in [0.29, 0.717) is 17.4 Å². The highest BCUT2D eigenvalue weighted by Gasteiger charge is 2.44. The van der Waals surface area contributed by atoms with Crippen LogP contribution >= 0.6 is 0 Å². The molecule has 0 heterocycles. The fourth-order valence-corrected chi connectivity index (χ4v) is 2.95. The minimum atomic E-state index is -1.02. The molecule has 0 aromatic heterocycles. The molecule has 0 radical (unpaired) electrons. The third kappa shape index (κ3) is 4.00. The van der Waals surface area contributed by atoms with E-state index in [0.717, 1.165) is 25.7 Å². The van der Waals surface area contributed by atoms with E-state index >= 15 is 0 Å². The SMILES string of the molecule is CC(C)CC1(C(=O)Nc2ccc(OCC(=O)O)cc2)CCC1. The Morgan fingerprint density at radius 1 is 1.27 bits per heavy atom. The molecule has 0 aliphatic heterocycles. The van der Waals surface area contributed by atoms with Gasteiger partial charge in [-0.25, -0.2) is 4.79 Å². The zero-order chi connectivity index (χ0) is 16.2. The highest BCUT2D eigenvalue weighted by Crippen LogP contribution is 2.46. The molecule has 1 aliphatic carbocycles. The Balaban J connectivity index is 1.95. The molecule has 0 saturated heterocycles. The molecular formula is C17H23NO4. The zero-order valence-electron chi connectivity index (χ0n) is 13.1. The van der Waals surface area contributed by atoms with Gasteiger partial charge in [0, 0.05) is 11.1 Å². The summed E-state index contributed by atoms with van der Waals surface area (Å²) in [7, 11) is 0. The lowest BCUT2D eigenvalue weighted by atomic mass is 9.64. The Morgan fingerprint density at radius 2 is 1.91 bits per heavy atom. The number of aliphatic carboxylic acids is 1. The second kappa shape index (κ2) is 6.81. The molecule has 5 nitrogen and oxygen atoms in total. The van der Waals surface area contributed by atoms with Gasteiger partial charge in [-0.15, -0.1) is 0 Å². The summed E-state index contributed by atoms with van der Waals surface area (Å²) < 4.78 is 5.07. The van der Waals surface area contributed by atoms with Crippen LogP contribution in [-0.4, -0.2) is 23.6 Å². The van der Waals surface area contributed by atoms with Crippen LogP contribution in [-0.2, 0) is 9.59 Å². The lowest BCUT2D eigenvalue weighted by Gasteiger charge is -2.41. The molecule has 1 saturated carbocycles. The van der Waals surface area contributed by atoms with Gasteiger partial charge in [-0.2, -0.15) is 0 Å². The Hall–Kier alpha value is -2.04. The number of anilines is 1. The number of amides is 1. The summed E-state index contributed by atoms with van der Waals surface area (Å²) in [5, 5.41) is 11.5. The van der Waals surface area contributed by atoms with Crippen LogP contribution in [0.25, 0.3) is 0 Å². The number of hydrogen-bond donors (Lipinski definition) is 2. The molecule has 1 aliphatic rings. The van der Waals surface area contributed by atoms with Gasteiger partial charge in [-0.3, -0.25) is 4.79 Å². The Bertz CT molecular complexity index is 532. The van der Waals surface area contributed by atoms with E-state index in [2.05, 4.69) is 19.2 Å². The second-order valence-corrected chi connectivity index (χ2v) is 6.39. The number of carboxylic acids is 1. The number of rotatable bonds is 7. The van der Waals surface area contributed by atoms with Gasteiger partial charge in [-0.05, 0) is 49.4 Å². The summed E-state index contributed by atoms with van der Waals surface area (Å²) in [6, 6.07) is 6.79. The number of ether oxygens (including phenoxy) is 1. The Labute approximate surface area is 130 Å². The van der Waals surface area contributed by atoms with Crippen molar-refractivity contribution in [2.75, 3.05) is 11.9 Å². The van der Waals surface area contributed by atoms with E-state index in [-0.39, 0.29) is 17.9 Å². The van der Waals surface area contributed by atoms with Gasteiger partial charge in [0.15, 0.2) is 6.61 Å². The number of hydrogen-bond acceptors (Lipinski definition) is 3. The maximum Gasteiger partial charge on any atom is 0.341 e. The first-order valence-electron chi connectivity index (χ1n) is 7.67. The third-order valence-corrected chi connectivity index (χ3v) is 4.07. The molecule has 1 aromatic rings. The minimum absolute atomic E-state index is 0.0895. The van der Waals surface area contributed by atoms with Crippen LogP contribution in [0.5, 0.6) is 5.75 Å². The first-order chi connectivity index (χ1) is 10.4. The summed E-state index contributed by atoms with van der Waals surface area (Å²) in [4.78, 5) is 23.0. The second-order valence-electron chi connectivity index (χ2n) is 6.39. The van der Waals surface area contributed by atoms with Crippen molar-refractivity contribution in [1.29, 1.82) is 0 Å². The van der Waals surface area contributed by atoms with Crippen LogP contribution in [0.1, 0.15) is 39.5 Å². The average Bonchev–Trinajstić information content (AvgIpc) is 2.41. The molecule has 0 unspecified atom stereocenters. The number of carbonyl (C=O) groups excluding carboxylic acids is 1. The first-order valence-corrected chi connectivity index (χ1v) is 7.67. The number of benzene rings is 1. The maximum atomic E-state index is 12.5. The van der Waals surface area contributed by atoms with Gasteiger partial charge < -0.3 is 15.2 Å². The van der Waals surface area contributed by atoms with Crippen molar-refractivity contribution >= 4 is 17.6 Å². The number of nitrogens with one attached hydrogen (secondary N) is 1. The summed E-state index contributed by atoms with van der Waals surface area (Å²) in [5.74, 6) is 0.0448. The minimum Gasteiger partial charge on any atom is -0.482 e. The van der Waals surface area contributed by atoms with E-state index in [1.165, 1.54) is 0 Å². The van der Waals surface area contributed by atoms with Crippen molar-refractivity contribution in [1.82, 2.24) is 0 Å². The van der Waals surface area contributed by atoms with E-state index in [1.807, 2.05) is 0 Å². The van der Waals surface area contributed by atoms with Crippen LogP contribution in [0, 0.1) is 11.3 Å². The van der Waals surface area contributed by atoms with Crippen molar-refractivity contribution in [3.63, 3.8) is 0 Å². The fourth-order valence-electron chi connectivity index (χ4n) is 2.95. The molecular weight excluding hydrogens is 282 g/mol. The highest BCUT2D eigenvalue weighted by molar-refractivity contribution is 5.96. The van der Waals surface area contributed by atoms with Gasteiger partial charge in [0.25, 0.3) is 0 Å². The molecule has 2 N–H and O–H groups in total. The molecule has 120 valence electrons. The zero-order valence-corrected chi connectivity index (χ0v) is 13.1. The third-order valence-electron chi connectivity index (χ3n) is 4.07. The molecule has 0 atom stereocenters. The van der Waals surface area contributed by atoms with Gasteiger partial charge in [0.05, 0.1) is 0 Å². The Kier molecular flexibility index (Phi) is 5.06. The number of carbonyl (C=O) groups is 2. The normalized spacial score (nSPS) is 16.0. The molecule has 1 amide bonds. The van der Waals surface area contributed by atoms with Gasteiger partial charge >= 0.3 is 5.97 Å². The van der Waals surface area contributed by atoms with E-state index in [9.17, 15) is 9.59 Å². The lowest BCUT2D eigenvalue weighted by Crippen LogP contribution is -2.42. The maximum absolute atomic E-state index is 12.5. The molecule has 1 aromatic carbocycles. The van der Waals surface area contributed by atoms with Crippen molar-refractivity contribution in [3.05, 3.63) is 24.3 Å². The standard InChI is InChI=1S/C17H23NO4/c1-12(2)10-17(8-3-9-17)16(21)18-13-4-6-14(7-5-13)22-11-15(19)20/h4-7,12H,3,8-11H2,1-2H3,(H,18,21)(H,19,20). The Morgan fingerprint density at radius 3 is 2.36 bits per heavy atom. The number of carboxylic acid groups (broad SMARTS) is 1. The van der Waals surface area contributed by atoms with Crippen molar-refractivity contribution in [3.8, 4) is 5.75 Å². The van der Waals surface area contributed by atoms with Gasteiger partial charge in [-0.1, -0.05) is 20.3 Å². The largest absolute Gasteiger partial charge is 0.482 e. The van der Waals surface area contributed by atoms with Crippen LogP contribution in [0.4, 0.5) is 5.69 Å². The molecule has 0 spiro atoms. The predicted molar refractivity (Wildman–Crippen MR) is 83.9 cm³/mol. The molecule has 1 fully saturated rings. The first kappa shape index (κ1) is 16.3. The van der Waals surface area contributed by atoms with Gasteiger partial charge in [0.2, 0.25) is 5.91 Å². The van der Waals surface area contributed by atoms with E-state index in [4.69, 9.17) is 9.84 Å². The van der Waals surface area contributed by atoms with E-state index < -0.39 is 5.97 Å². The van der Waals surface area contributed by atoms with Gasteiger partial charge in [0.1, 0.15) is 5.75 Å². The van der Waals surface area contributed by atoms with E-state index in [1.54, 1.807) is 24.3 Å². The summed E-state index contributed by atoms with van der Waals surface area (Å²) in [6.07, 6.45) is 3.94. The van der Waals surface area contributed by atoms with Crippen molar-refractivity contribution in [2.24, 2.45) is 11.3 Å².